The molecule has 1 aromatic heterocycles. The maximum atomic E-state index is 13.6. The van der Waals surface area contributed by atoms with E-state index >= 15 is 0 Å². The van der Waals surface area contributed by atoms with Crippen LogP contribution in [0.15, 0.2) is 54.6 Å². The van der Waals surface area contributed by atoms with Gasteiger partial charge in [-0.2, -0.15) is 0 Å². The molecule has 0 unspecified atom stereocenters. The van der Waals surface area contributed by atoms with Gasteiger partial charge in [0.05, 0.1) is 30.5 Å². The number of rotatable bonds is 4. The van der Waals surface area contributed by atoms with E-state index in [2.05, 4.69) is 15.6 Å². The number of ether oxygens (including phenoxy) is 3. The van der Waals surface area contributed by atoms with Crippen molar-refractivity contribution in [3.05, 3.63) is 82.7 Å². The van der Waals surface area contributed by atoms with Gasteiger partial charge in [0.1, 0.15) is 23.4 Å². The van der Waals surface area contributed by atoms with Crippen molar-refractivity contribution in [3.8, 4) is 17.2 Å². The Bertz CT molecular complexity index is 1500. The van der Waals surface area contributed by atoms with E-state index in [9.17, 15) is 14.4 Å². The number of benzene rings is 2. The van der Waals surface area contributed by atoms with Crippen LogP contribution < -0.4 is 24.8 Å². The molecule has 4 aliphatic rings. The Labute approximate surface area is 244 Å². The first-order valence-corrected chi connectivity index (χ1v) is 14.3. The molecule has 3 aromatic rings. The summed E-state index contributed by atoms with van der Waals surface area (Å²) in [6.07, 6.45) is 1.76. The molecule has 1 saturated heterocycles. The average Bonchev–Trinajstić information content (AvgIpc) is 3.73. The zero-order valence-corrected chi connectivity index (χ0v) is 23.7. The third-order valence-electron chi connectivity index (χ3n) is 7.72. The molecule has 2 fully saturated rings. The molecule has 1 saturated carbocycles. The predicted octanol–water partition coefficient (Wildman–Crippen LogP) is 3.20. The van der Waals surface area contributed by atoms with Gasteiger partial charge >= 0.3 is 0 Å². The highest BCUT2D eigenvalue weighted by atomic mass is 16.5. The molecule has 3 aliphatic heterocycles. The summed E-state index contributed by atoms with van der Waals surface area (Å²) in [4.78, 5) is 45.8. The van der Waals surface area contributed by atoms with E-state index in [0.717, 1.165) is 24.1 Å². The summed E-state index contributed by atoms with van der Waals surface area (Å²) in [5, 5.41) is 5.93. The van der Waals surface area contributed by atoms with Crippen LogP contribution in [0.5, 0.6) is 17.2 Å². The third kappa shape index (κ3) is 6.48. The second-order valence-electron chi connectivity index (χ2n) is 11.2. The van der Waals surface area contributed by atoms with Crippen molar-refractivity contribution in [1.82, 2.24) is 20.5 Å². The van der Waals surface area contributed by atoms with Crippen molar-refractivity contribution >= 4 is 17.7 Å². The number of fused-ring (bicyclic) bond motifs is 7. The minimum atomic E-state index is -0.497. The van der Waals surface area contributed by atoms with Gasteiger partial charge < -0.3 is 29.7 Å². The van der Waals surface area contributed by atoms with Gasteiger partial charge in [0.2, 0.25) is 0 Å². The van der Waals surface area contributed by atoms with Crippen molar-refractivity contribution in [1.29, 1.82) is 0 Å². The summed E-state index contributed by atoms with van der Waals surface area (Å²) in [6, 6.07) is 15.5. The molecule has 3 amide bonds. The van der Waals surface area contributed by atoms with E-state index < -0.39 is 12.1 Å². The smallest absolute Gasteiger partial charge is 0.258 e. The van der Waals surface area contributed by atoms with E-state index in [1.54, 1.807) is 29.2 Å². The summed E-state index contributed by atoms with van der Waals surface area (Å²) < 4.78 is 18.1. The highest BCUT2D eigenvalue weighted by molar-refractivity contribution is 5.97. The number of aryl methyl sites for hydroxylation is 2. The summed E-state index contributed by atoms with van der Waals surface area (Å²) in [7, 11) is 0. The van der Waals surface area contributed by atoms with Gasteiger partial charge in [-0.15, -0.1) is 0 Å². The standard InChI is InChI=1S/C32H34N4O6/c1-19-3-10-27(20(2)34-19)32(39)36-15-28-29(16-36)42-24-8-6-21(7-9-24)14-33-30(37)18-41-26-12-23(31(38)35-28)11-25(13-26)40-17-22-4-5-22/h3,6-13,22,28-29H,4-5,14-18H2,1-2H3,(H,33,37)(H,35,38)/t28-,29-/m0/s1. The molecule has 4 bridgehead atoms. The molecule has 42 heavy (non-hydrogen) atoms. The first-order chi connectivity index (χ1) is 20.3. The van der Waals surface area contributed by atoms with Crippen LogP contribution in [0.25, 0.3) is 0 Å². The maximum absolute atomic E-state index is 13.6. The number of amides is 3. The zero-order chi connectivity index (χ0) is 29.2. The zero-order valence-electron chi connectivity index (χ0n) is 23.7. The minimum absolute atomic E-state index is 0.162. The number of hydrogen-bond acceptors (Lipinski definition) is 7. The fourth-order valence-electron chi connectivity index (χ4n) is 5.16. The quantitative estimate of drug-likeness (QED) is 0.495. The number of pyridine rings is 1. The number of carbonyl (C=O) groups is 3. The lowest BCUT2D eigenvalue weighted by Crippen LogP contribution is -2.45. The first kappa shape index (κ1) is 27.6. The van der Waals surface area contributed by atoms with Crippen LogP contribution in [0.3, 0.4) is 0 Å². The van der Waals surface area contributed by atoms with E-state index in [4.69, 9.17) is 14.2 Å². The van der Waals surface area contributed by atoms with Gasteiger partial charge in [-0.05, 0) is 74.6 Å². The fraction of sp³-hybridized carbons (Fsp3) is 0.375. The molecule has 10 nitrogen and oxygen atoms in total. The van der Waals surface area contributed by atoms with E-state index in [1.807, 2.05) is 44.2 Å². The number of aromatic nitrogens is 1. The lowest BCUT2D eigenvalue weighted by Gasteiger charge is -2.21. The van der Waals surface area contributed by atoms with E-state index in [0.29, 0.717) is 53.1 Å². The highest BCUT2D eigenvalue weighted by Gasteiger charge is 2.39. The molecule has 2 atom stereocenters. The molecular weight excluding hydrogens is 536 g/mol. The van der Waals surface area contributed by atoms with Gasteiger partial charge in [0.25, 0.3) is 17.7 Å². The maximum Gasteiger partial charge on any atom is 0.258 e. The summed E-state index contributed by atoms with van der Waals surface area (Å²) in [5.74, 6) is 1.17. The van der Waals surface area contributed by atoms with Gasteiger partial charge in [0, 0.05) is 30.4 Å². The molecule has 4 heterocycles. The van der Waals surface area contributed by atoms with E-state index in [1.165, 1.54) is 0 Å². The van der Waals surface area contributed by atoms with Crippen LogP contribution in [0, 0.1) is 19.8 Å². The Balaban J connectivity index is 1.29. The largest absolute Gasteiger partial charge is 0.493 e. The molecule has 7 rings (SSSR count). The van der Waals surface area contributed by atoms with Gasteiger partial charge in [0.15, 0.2) is 6.61 Å². The number of likely N-dealkylation sites (tertiary alicyclic amines) is 1. The van der Waals surface area contributed by atoms with Crippen LogP contribution in [-0.4, -0.2) is 66.1 Å². The van der Waals surface area contributed by atoms with Gasteiger partial charge in [-0.1, -0.05) is 12.1 Å². The first-order valence-electron chi connectivity index (χ1n) is 14.3. The Kier molecular flexibility index (Phi) is 7.69. The molecule has 218 valence electrons. The van der Waals surface area contributed by atoms with Crippen molar-refractivity contribution in [2.45, 2.75) is 45.4 Å². The Morgan fingerprint density at radius 3 is 2.60 bits per heavy atom. The SMILES string of the molecule is Cc1ccc(C(=O)N2C[C@@H]3NC(=O)c4cc(cc(OCC5CC5)c4)OCC(=O)NCc4ccc(cc4)O[C@H]3C2)c(C)n1. The second kappa shape index (κ2) is 11.7. The van der Waals surface area contributed by atoms with Crippen LogP contribution in [-0.2, 0) is 11.3 Å². The Hall–Kier alpha value is -4.60. The molecule has 2 N–H and O–H groups in total. The summed E-state index contributed by atoms with van der Waals surface area (Å²) in [5.41, 5.74) is 3.24. The van der Waals surface area contributed by atoms with Gasteiger partial charge in [-0.3, -0.25) is 19.4 Å². The fourth-order valence-corrected chi connectivity index (χ4v) is 5.16. The van der Waals surface area contributed by atoms with E-state index in [-0.39, 0.29) is 37.4 Å². The van der Waals surface area contributed by atoms with Crippen molar-refractivity contribution in [2.24, 2.45) is 5.92 Å². The van der Waals surface area contributed by atoms with Crippen LogP contribution in [0.4, 0.5) is 0 Å². The van der Waals surface area contributed by atoms with Crippen LogP contribution >= 0.6 is 0 Å². The second-order valence-corrected chi connectivity index (χ2v) is 11.2. The minimum Gasteiger partial charge on any atom is -0.493 e. The number of nitrogens with one attached hydrogen (secondary N) is 2. The lowest BCUT2D eigenvalue weighted by molar-refractivity contribution is -0.123. The monoisotopic (exact) mass is 570 g/mol. The predicted molar refractivity (Wildman–Crippen MR) is 154 cm³/mol. The molecular formula is C32H34N4O6. The lowest BCUT2D eigenvalue weighted by atomic mass is 10.1. The normalized spacial score (nSPS) is 20.5. The molecule has 0 spiro atoms. The van der Waals surface area contributed by atoms with Gasteiger partial charge in [-0.25, -0.2) is 0 Å². The molecule has 1 aliphatic carbocycles. The highest BCUT2D eigenvalue weighted by Crippen LogP contribution is 2.31. The van der Waals surface area contributed by atoms with Crippen molar-refractivity contribution in [2.75, 3.05) is 26.3 Å². The summed E-state index contributed by atoms with van der Waals surface area (Å²) >= 11 is 0. The molecule has 2 aromatic carbocycles. The number of hydrogen-bond donors (Lipinski definition) is 2. The Morgan fingerprint density at radius 2 is 1.83 bits per heavy atom. The Morgan fingerprint density at radius 1 is 1.02 bits per heavy atom. The molecule has 0 radical (unpaired) electrons. The van der Waals surface area contributed by atoms with Crippen molar-refractivity contribution < 1.29 is 28.6 Å². The van der Waals surface area contributed by atoms with Crippen LogP contribution in [0.2, 0.25) is 0 Å². The number of carbonyl (C=O) groups excluding carboxylic acids is 3. The third-order valence-corrected chi connectivity index (χ3v) is 7.72. The van der Waals surface area contributed by atoms with Crippen LogP contribution in [0.1, 0.15) is 50.5 Å². The summed E-state index contributed by atoms with van der Waals surface area (Å²) in [6.45, 7) is 4.94. The average molecular weight is 571 g/mol. The topological polar surface area (TPSA) is 119 Å². The number of nitrogens with zero attached hydrogens (tertiary/aromatic N) is 2. The van der Waals surface area contributed by atoms with Crippen molar-refractivity contribution in [3.63, 3.8) is 0 Å². The molecule has 10 heteroatoms.